The molecular formula is C17H21NO. The van der Waals surface area contributed by atoms with Gasteiger partial charge in [-0.2, -0.15) is 0 Å². The van der Waals surface area contributed by atoms with Crippen molar-refractivity contribution >= 4 is 5.69 Å². The third-order valence-corrected chi connectivity index (χ3v) is 5.41. The molecule has 3 aliphatic carbocycles. The standard InChI is InChI=1S/C17H21NO/c19-11-12-2-1-3-15(8-12)18-9-16-13-4-5-14(7-6-13)17(16)10-18/h1-5,8,13-14,16-17,19H,6-7,9-11H2. The molecule has 4 aliphatic rings. The lowest BCUT2D eigenvalue weighted by atomic mass is 9.64. The van der Waals surface area contributed by atoms with Gasteiger partial charge in [0.2, 0.25) is 0 Å². The molecule has 4 unspecified atom stereocenters. The molecule has 19 heavy (non-hydrogen) atoms. The highest BCUT2D eigenvalue weighted by atomic mass is 16.3. The summed E-state index contributed by atoms with van der Waals surface area (Å²) in [6.07, 6.45) is 7.74. The molecule has 1 aromatic rings. The normalized spacial score (nSPS) is 35.7. The van der Waals surface area contributed by atoms with E-state index in [0.29, 0.717) is 0 Å². The number of rotatable bonds is 2. The third kappa shape index (κ3) is 1.81. The Bertz CT molecular complexity index is 488. The highest BCUT2D eigenvalue weighted by Crippen LogP contribution is 2.49. The molecule has 5 rings (SSSR count). The fraction of sp³-hybridized carbons (Fsp3) is 0.529. The van der Waals surface area contributed by atoms with Gasteiger partial charge in [0.25, 0.3) is 0 Å². The van der Waals surface area contributed by atoms with E-state index < -0.39 is 0 Å². The lowest BCUT2D eigenvalue weighted by Crippen LogP contribution is -2.35. The molecule has 0 radical (unpaired) electrons. The first-order chi connectivity index (χ1) is 9.35. The van der Waals surface area contributed by atoms with Crippen LogP contribution in [0.1, 0.15) is 18.4 Å². The SMILES string of the molecule is OCc1cccc(N2CC3C4C=CC(CC4)C3C2)c1. The van der Waals surface area contributed by atoms with Gasteiger partial charge >= 0.3 is 0 Å². The molecule has 2 heteroatoms. The molecule has 4 atom stereocenters. The van der Waals surface area contributed by atoms with Crippen molar-refractivity contribution in [1.82, 2.24) is 0 Å². The van der Waals surface area contributed by atoms with Crippen LogP contribution in [0, 0.1) is 23.7 Å². The number of hydrogen-bond donors (Lipinski definition) is 1. The number of anilines is 1. The van der Waals surface area contributed by atoms with Crippen molar-refractivity contribution in [2.24, 2.45) is 23.7 Å². The van der Waals surface area contributed by atoms with Crippen molar-refractivity contribution in [3.05, 3.63) is 42.0 Å². The third-order valence-electron chi connectivity index (χ3n) is 5.41. The molecule has 0 aromatic heterocycles. The van der Waals surface area contributed by atoms with Gasteiger partial charge in [-0.25, -0.2) is 0 Å². The molecule has 1 heterocycles. The Hall–Kier alpha value is -1.28. The van der Waals surface area contributed by atoms with Crippen molar-refractivity contribution in [3.63, 3.8) is 0 Å². The fourth-order valence-corrected chi connectivity index (χ4v) is 4.40. The molecule has 0 spiro atoms. The Kier molecular flexibility index (Phi) is 2.66. The summed E-state index contributed by atoms with van der Waals surface area (Å²) in [7, 11) is 0. The quantitative estimate of drug-likeness (QED) is 0.821. The molecule has 1 saturated heterocycles. The van der Waals surface area contributed by atoms with Gasteiger partial charge in [0.1, 0.15) is 0 Å². The number of hydrogen-bond acceptors (Lipinski definition) is 2. The van der Waals surface area contributed by atoms with Crippen LogP contribution < -0.4 is 4.90 Å². The van der Waals surface area contributed by atoms with Crippen molar-refractivity contribution in [1.29, 1.82) is 0 Å². The van der Waals surface area contributed by atoms with Crippen LogP contribution in [0.5, 0.6) is 0 Å². The second-order valence-electron chi connectivity index (χ2n) is 6.35. The topological polar surface area (TPSA) is 23.5 Å². The van der Waals surface area contributed by atoms with Crippen LogP contribution in [-0.4, -0.2) is 18.2 Å². The van der Waals surface area contributed by atoms with E-state index in [4.69, 9.17) is 0 Å². The van der Waals surface area contributed by atoms with Gasteiger partial charge in [-0.15, -0.1) is 0 Å². The maximum absolute atomic E-state index is 9.28. The summed E-state index contributed by atoms with van der Waals surface area (Å²) in [6, 6.07) is 8.39. The lowest BCUT2D eigenvalue weighted by Gasteiger charge is -2.40. The monoisotopic (exact) mass is 255 g/mol. The summed E-state index contributed by atoms with van der Waals surface area (Å²) in [5.74, 6) is 3.37. The summed E-state index contributed by atoms with van der Waals surface area (Å²) >= 11 is 0. The second kappa shape index (κ2) is 4.38. The van der Waals surface area contributed by atoms with Crippen LogP contribution in [0.25, 0.3) is 0 Å². The van der Waals surface area contributed by atoms with Crippen LogP contribution >= 0.6 is 0 Å². The van der Waals surface area contributed by atoms with Crippen molar-refractivity contribution in [2.75, 3.05) is 18.0 Å². The average molecular weight is 255 g/mol. The minimum absolute atomic E-state index is 0.140. The van der Waals surface area contributed by atoms with E-state index in [1.54, 1.807) is 0 Å². The predicted octanol–water partition coefficient (Wildman–Crippen LogP) is 2.83. The summed E-state index contributed by atoms with van der Waals surface area (Å²) in [4.78, 5) is 2.53. The van der Waals surface area contributed by atoms with E-state index in [1.807, 2.05) is 6.07 Å². The van der Waals surface area contributed by atoms with E-state index in [2.05, 4.69) is 35.3 Å². The minimum Gasteiger partial charge on any atom is -0.392 e. The molecule has 1 saturated carbocycles. The Morgan fingerprint density at radius 1 is 1.05 bits per heavy atom. The second-order valence-corrected chi connectivity index (χ2v) is 6.35. The maximum atomic E-state index is 9.28. The first-order valence-corrected chi connectivity index (χ1v) is 7.48. The highest BCUT2D eigenvalue weighted by Gasteiger charge is 2.45. The van der Waals surface area contributed by atoms with E-state index in [1.165, 1.54) is 31.6 Å². The largest absolute Gasteiger partial charge is 0.392 e. The average Bonchev–Trinajstić information content (AvgIpc) is 2.96. The van der Waals surface area contributed by atoms with Crippen molar-refractivity contribution in [2.45, 2.75) is 19.4 Å². The van der Waals surface area contributed by atoms with Crippen molar-refractivity contribution in [3.8, 4) is 0 Å². The number of fused-ring (bicyclic) bond motifs is 1. The first-order valence-electron chi connectivity index (χ1n) is 7.48. The molecule has 2 nitrogen and oxygen atoms in total. The van der Waals surface area contributed by atoms with Crippen LogP contribution in [0.15, 0.2) is 36.4 Å². The highest BCUT2D eigenvalue weighted by molar-refractivity contribution is 5.50. The molecule has 100 valence electrons. The van der Waals surface area contributed by atoms with Crippen LogP contribution in [-0.2, 0) is 6.61 Å². The zero-order valence-corrected chi connectivity index (χ0v) is 11.2. The molecule has 2 bridgehead atoms. The van der Waals surface area contributed by atoms with E-state index in [0.717, 1.165) is 29.2 Å². The van der Waals surface area contributed by atoms with Gasteiger partial charge in [0, 0.05) is 18.8 Å². The molecule has 1 aromatic carbocycles. The molecule has 1 aliphatic heterocycles. The number of allylic oxidation sites excluding steroid dienone is 2. The lowest BCUT2D eigenvalue weighted by molar-refractivity contribution is 0.169. The number of nitrogens with zero attached hydrogens (tertiary/aromatic N) is 1. The molecule has 0 amide bonds. The maximum Gasteiger partial charge on any atom is 0.0682 e. The van der Waals surface area contributed by atoms with Gasteiger partial charge in [-0.3, -0.25) is 0 Å². The summed E-state index contributed by atoms with van der Waals surface area (Å²) in [5, 5.41) is 9.28. The van der Waals surface area contributed by atoms with E-state index >= 15 is 0 Å². The summed E-state index contributed by atoms with van der Waals surface area (Å²) in [5.41, 5.74) is 2.31. The van der Waals surface area contributed by atoms with Crippen LogP contribution in [0.4, 0.5) is 5.69 Å². The minimum atomic E-state index is 0.140. The number of aliphatic hydroxyl groups excluding tert-OH is 1. The van der Waals surface area contributed by atoms with Gasteiger partial charge in [-0.1, -0.05) is 24.3 Å². The molecule has 2 fully saturated rings. The summed E-state index contributed by atoms with van der Waals surface area (Å²) in [6.45, 7) is 2.54. The van der Waals surface area contributed by atoms with E-state index in [-0.39, 0.29) is 6.61 Å². The Morgan fingerprint density at radius 2 is 1.74 bits per heavy atom. The van der Waals surface area contributed by atoms with Crippen LogP contribution in [0.3, 0.4) is 0 Å². The van der Waals surface area contributed by atoms with E-state index in [9.17, 15) is 5.11 Å². The predicted molar refractivity (Wildman–Crippen MR) is 76.9 cm³/mol. The molecular weight excluding hydrogens is 234 g/mol. The van der Waals surface area contributed by atoms with Gasteiger partial charge in [-0.05, 0) is 54.2 Å². The van der Waals surface area contributed by atoms with Crippen molar-refractivity contribution < 1.29 is 5.11 Å². The smallest absolute Gasteiger partial charge is 0.0682 e. The molecule has 1 N–H and O–H groups in total. The Balaban J connectivity index is 1.59. The zero-order chi connectivity index (χ0) is 12.8. The number of benzene rings is 1. The Labute approximate surface area is 114 Å². The summed E-state index contributed by atoms with van der Waals surface area (Å²) < 4.78 is 0. The number of aliphatic hydroxyl groups is 1. The first kappa shape index (κ1) is 11.5. The Morgan fingerprint density at radius 3 is 2.32 bits per heavy atom. The van der Waals surface area contributed by atoms with Gasteiger partial charge < -0.3 is 10.0 Å². The van der Waals surface area contributed by atoms with Gasteiger partial charge in [0.15, 0.2) is 0 Å². The van der Waals surface area contributed by atoms with Gasteiger partial charge in [0.05, 0.1) is 6.61 Å². The van der Waals surface area contributed by atoms with Crippen LogP contribution in [0.2, 0.25) is 0 Å². The fourth-order valence-electron chi connectivity index (χ4n) is 4.40. The zero-order valence-electron chi connectivity index (χ0n) is 11.2.